The topological polar surface area (TPSA) is 52.6 Å². The number of hydrogen-bond acceptors (Lipinski definition) is 2. The van der Waals surface area contributed by atoms with Gasteiger partial charge in [0.15, 0.2) is 0 Å². The lowest BCUT2D eigenvalue weighted by Crippen LogP contribution is -2.35. The standard InChI is InChI=1S/C19H22N2O2/c1-14-5-4-6-16(11-14)17-7-2-3-8-18(17)21(19(22)23)13-15-9-10-20-12-15/h2-8,11,15,20H,9-10,12-13H2,1H3,(H,22,23)/t15-/m0/s1. The number of aryl methyl sites for hydroxylation is 1. The Labute approximate surface area is 136 Å². The van der Waals surface area contributed by atoms with Crippen molar-refractivity contribution in [3.05, 3.63) is 54.1 Å². The number of nitrogens with zero attached hydrogens (tertiary/aromatic N) is 1. The van der Waals surface area contributed by atoms with E-state index < -0.39 is 6.09 Å². The van der Waals surface area contributed by atoms with Crippen molar-refractivity contribution in [2.45, 2.75) is 13.3 Å². The number of nitrogens with one attached hydrogen (secondary N) is 1. The average Bonchev–Trinajstić information content (AvgIpc) is 3.05. The molecule has 0 bridgehead atoms. The fraction of sp³-hybridized carbons (Fsp3) is 0.316. The molecule has 4 nitrogen and oxygen atoms in total. The Hall–Kier alpha value is -2.33. The molecule has 1 saturated heterocycles. The lowest BCUT2D eigenvalue weighted by Gasteiger charge is -2.25. The van der Waals surface area contributed by atoms with Crippen molar-refractivity contribution >= 4 is 11.8 Å². The molecular formula is C19H22N2O2. The van der Waals surface area contributed by atoms with E-state index in [9.17, 15) is 9.90 Å². The van der Waals surface area contributed by atoms with Crippen molar-refractivity contribution in [1.29, 1.82) is 0 Å². The van der Waals surface area contributed by atoms with E-state index >= 15 is 0 Å². The summed E-state index contributed by atoms with van der Waals surface area (Å²) in [6, 6.07) is 15.9. The molecule has 2 N–H and O–H groups in total. The van der Waals surface area contributed by atoms with Crippen LogP contribution in [0.15, 0.2) is 48.5 Å². The van der Waals surface area contributed by atoms with E-state index in [0.717, 1.165) is 36.3 Å². The zero-order valence-corrected chi connectivity index (χ0v) is 13.3. The highest BCUT2D eigenvalue weighted by molar-refractivity contribution is 5.92. The van der Waals surface area contributed by atoms with Crippen molar-refractivity contribution < 1.29 is 9.90 Å². The molecular weight excluding hydrogens is 288 g/mol. The van der Waals surface area contributed by atoms with Gasteiger partial charge >= 0.3 is 6.09 Å². The van der Waals surface area contributed by atoms with Crippen LogP contribution in [0.2, 0.25) is 0 Å². The number of carboxylic acid groups (broad SMARTS) is 1. The van der Waals surface area contributed by atoms with Gasteiger partial charge in [-0.15, -0.1) is 0 Å². The van der Waals surface area contributed by atoms with E-state index in [2.05, 4.69) is 11.4 Å². The van der Waals surface area contributed by atoms with Crippen LogP contribution in [0.3, 0.4) is 0 Å². The van der Waals surface area contributed by atoms with E-state index in [1.54, 1.807) is 0 Å². The van der Waals surface area contributed by atoms with Gasteiger partial charge in [0.1, 0.15) is 0 Å². The van der Waals surface area contributed by atoms with E-state index in [0.29, 0.717) is 12.5 Å². The fourth-order valence-corrected chi connectivity index (χ4v) is 3.17. The second kappa shape index (κ2) is 6.84. The van der Waals surface area contributed by atoms with Crippen molar-refractivity contribution in [1.82, 2.24) is 5.32 Å². The van der Waals surface area contributed by atoms with Crippen molar-refractivity contribution in [2.24, 2.45) is 5.92 Å². The Morgan fingerprint density at radius 2 is 2.09 bits per heavy atom. The van der Waals surface area contributed by atoms with Crippen LogP contribution >= 0.6 is 0 Å². The molecule has 1 aliphatic heterocycles. The van der Waals surface area contributed by atoms with Crippen molar-refractivity contribution in [3.63, 3.8) is 0 Å². The summed E-state index contributed by atoms with van der Waals surface area (Å²) >= 11 is 0. The first-order valence-corrected chi connectivity index (χ1v) is 8.02. The number of anilines is 1. The van der Waals surface area contributed by atoms with Crippen LogP contribution in [-0.4, -0.2) is 30.8 Å². The van der Waals surface area contributed by atoms with Gasteiger partial charge in [-0.2, -0.15) is 0 Å². The molecule has 2 aromatic carbocycles. The number of amides is 1. The monoisotopic (exact) mass is 310 g/mol. The molecule has 1 heterocycles. The third-order valence-corrected chi connectivity index (χ3v) is 4.36. The summed E-state index contributed by atoms with van der Waals surface area (Å²) < 4.78 is 0. The fourth-order valence-electron chi connectivity index (χ4n) is 3.17. The number of para-hydroxylation sites is 1. The summed E-state index contributed by atoms with van der Waals surface area (Å²) in [5.74, 6) is 0.372. The van der Waals surface area contributed by atoms with Gasteiger partial charge in [-0.05, 0) is 44.0 Å². The molecule has 0 unspecified atom stereocenters. The highest BCUT2D eigenvalue weighted by Gasteiger charge is 2.24. The van der Waals surface area contributed by atoms with Gasteiger partial charge in [0.25, 0.3) is 0 Å². The van der Waals surface area contributed by atoms with Crippen LogP contribution < -0.4 is 10.2 Å². The molecule has 3 rings (SSSR count). The summed E-state index contributed by atoms with van der Waals surface area (Å²) in [6.07, 6.45) is 0.133. The summed E-state index contributed by atoms with van der Waals surface area (Å²) in [4.78, 5) is 13.3. The highest BCUT2D eigenvalue weighted by atomic mass is 16.4. The molecule has 1 amide bonds. The minimum atomic E-state index is -0.892. The third kappa shape index (κ3) is 3.54. The highest BCUT2D eigenvalue weighted by Crippen LogP contribution is 2.32. The molecule has 120 valence electrons. The number of carbonyl (C=O) groups is 1. The Morgan fingerprint density at radius 3 is 2.78 bits per heavy atom. The predicted molar refractivity (Wildman–Crippen MR) is 93.0 cm³/mol. The Balaban J connectivity index is 1.98. The van der Waals surface area contributed by atoms with Gasteiger partial charge in [0.2, 0.25) is 0 Å². The molecule has 1 atom stereocenters. The van der Waals surface area contributed by atoms with E-state index in [-0.39, 0.29) is 0 Å². The maximum absolute atomic E-state index is 11.8. The third-order valence-electron chi connectivity index (χ3n) is 4.36. The molecule has 0 saturated carbocycles. The summed E-state index contributed by atoms with van der Waals surface area (Å²) in [6.45, 7) is 4.44. The quantitative estimate of drug-likeness (QED) is 0.904. The Bertz CT molecular complexity index is 693. The maximum atomic E-state index is 11.8. The minimum Gasteiger partial charge on any atom is -0.465 e. The smallest absolute Gasteiger partial charge is 0.411 e. The van der Waals surface area contributed by atoms with Gasteiger partial charge in [-0.3, -0.25) is 4.90 Å². The van der Waals surface area contributed by atoms with Gasteiger partial charge < -0.3 is 10.4 Å². The normalized spacial score (nSPS) is 17.2. The first-order chi connectivity index (χ1) is 11.1. The molecule has 0 spiro atoms. The van der Waals surface area contributed by atoms with Crippen LogP contribution in [0.4, 0.5) is 10.5 Å². The zero-order valence-electron chi connectivity index (χ0n) is 13.3. The van der Waals surface area contributed by atoms with E-state index in [1.807, 2.05) is 49.4 Å². The minimum absolute atomic E-state index is 0.372. The molecule has 2 aromatic rings. The molecule has 4 heteroatoms. The van der Waals surface area contributed by atoms with Crippen molar-refractivity contribution in [3.8, 4) is 11.1 Å². The molecule has 23 heavy (non-hydrogen) atoms. The van der Waals surface area contributed by atoms with Crippen LogP contribution in [0.1, 0.15) is 12.0 Å². The van der Waals surface area contributed by atoms with Crippen molar-refractivity contribution in [2.75, 3.05) is 24.5 Å². The van der Waals surface area contributed by atoms with Crippen LogP contribution in [-0.2, 0) is 0 Å². The van der Waals surface area contributed by atoms with E-state index in [4.69, 9.17) is 0 Å². The van der Waals surface area contributed by atoms with E-state index in [1.165, 1.54) is 10.5 Å². The number of benzene rings is 2. The van der Waals surface area contributed by atoms with Gasteiger partial charge in [-0.1, -0.05) is 48.0 Å². The summed E-state index contributed by atoms with van der Waals surface area (Å²) in [5.41, 5.74) is 3.94. The first-order valence-electron chi connectivity index (χ1n) is 8.02. The lowest BCUT2D eigenvalue weighted by atomic mass is 10.0. The predicted octanol–water partition coefficient (Wildman–Crippen LogP) is 3.76. The molecule has 1 aliphatic rings. The van der Waals surface area contributed by atoms with Crippen LogP contribution in [0.5, 0.6) is 0 Å². The lowest BCUT2D eigenvalue weighted by molar-refractivity contribution is 0.200. The first kappa shape index (κ1) is 15.6. The van der Waals surface area contributed by atoms with Gasteiger partial charge in [0.05, 0.1) is 5.69 Å². The van der Waals surface area contributed by atoms with Crippen LogP contribution in [0.25, 0.3) is 11.1 Å². The SMILES string of the molecule is Cc1cccc(-c2ccccc2N(C[C@H]2CCNC2)C(=O)O)c1. The Morgan fingerprint density at radius 1 is 1.26 bits per heavy atom. The van der Waals surface area contributed by atoms with Gasteiger partial charge in [0, 0.05) is 12.1 Å². The molecule has 0 radical (unpaired) electrons. The second-order valence-electron chi connectivity index (χ2n) is 6.14. The average molecular weight is 310 g/mol. The van der Waals surface area contributed by atoms with Crippen LogP contribution in [0, 0.1) is 12.8 Å². The molecule has 0 aliphatic carbocycles. The maximum Gasteiger partial charge on any atom is 0.411 e. The Kier molecular flexibility index (Phi) is 4.63. The zero-order chi connectivity index (χ0) is 16.2. The molecule has 1 fully saturated rings. The molecule has 0 aromatic heterocycles. The summed E-state index contributed by atoms with van der Waals surface area (Å²) in [7, 11) is 0. The second-order valence-corrected chi connectivity index (χ2v) is 6.14. The number of rotatable bonds is 4. The summed E-state index contributed by atoms with van der Waals surface area (Å²) in [5, 5.41) is 13.0. The van der Waals surface area contributed by atoms with Gasteiger partial charge in [-0.25, -0.2) is 4.79 Å². The number of hydrogen-bond donors (Lipinski definition) is 2. The largest absolute Gasteiger partial charge is 0.465 e.